The molecule has 1 radical (unpaired) electrons. The molecular weight excluding hydrogens is 359 g/mol. The summed E-state index contributed by atoms with van der Waals surface area (Å²) in [5, 5.41) is 9.31. The van der Waals surface area contributed by atoms with Gasteiger partial charge < -0.3 is 9.58 Å². The van der Waals surface area contributed by atoms with Crippen molar-refractivity contribution in [1.29, 1.82) is 0 Å². The summed E-state index contributed by atoms with van der Waals surface area (Å²) < 4.78 is 4.63. The first-order chi connectivity index (χ1) is 13.8. The summed E-state index contributed by atoms with van der Waals surface area (Å²) in [6.07, 6.45) is 1.98. The molecule has 0 spiro atoms. The molecule has 0 bridgehead atoms. The third kappa shape index (κ3) is 2.67. The Morgan fingerprint density at radius 1 is 1.07 bits per heavy atom. The number of allylic oxidation sites excluding steroid dienone is 2. The normalized spacial score (nSPS) is 15.7. The number of nitrogens with zero attached hydrogens (tertiary/aromatic N) is 2. The first kappa shape index (κ1) is 19.5. The van der Waals surface area contributed by atoms with E-state index in [-0.39, 0.29) is 0 Å². The zero-order valence-electron chi connectivity index (χ0n) is 18.1. The van der Waals surface area contributed by atoms with Crippen molar-refractivity contribution in [2.24, 2.45) is 0 Å². The molecule has 0 unspecified atom stereocenters. The van der Waals surface area contributed by atoms with E-state index in [0.717, 1.165) is 18.4 Å². The number of aromatic nitrogens is 1. The van der Waals surface area contributed by atoms with Crippen LogP contribution in [0.4, 0.5) is 0 Å². The molecule has 0 amide bonds. The third-order valence-corrected chi connectivity index (χ3v) is 6.53. The molecule has 2 aliphatic rings. The van der Waals surface area contributed by atoms with Crippen LogP contribution in [0, 0.1) is 13.8 Å². The molecule has 1 aromatic heterocycles. The highest BCUT2D eigenvalue weighted by molar-refractivity contribution is 6.30. The van der Waals surface area contributed by atoms with E-state index in [1.54, 1.807) is 12.1 Å². The molecule has 5 heteroatoms. The van der Waals surface area contributed by atoms with Crippen LogP contribution in [-0.4, -0.2) is 33.3 Å². The average Bonchev–Trinajstić information content (AvgIpc) is 3.10. The van der Waals surface area contributed by atoms with Gasteiger partial charge in [0.2, 0.25) is 0 Å². The van der Waals surface area contributed by atoms with Crippen LogP contribution in [0.25, 0.3) is 5.57 Å². The molecule has 147 valence electrons. The van der Waals surface area contributed by atoms with Crippen LogP contribution in [0.2, 0.25) is 0 Å². The van der Waals surface area contributed by atoms with Crippen LogP contribution in [0.15, 0.2) is 41.1 Å². The summed E-state index contributed by atoms with van der Waals surface area (Å²) in [6.45, 7) is 13.2. The lowest BCUT2D eigenvalue weighted by atomic mass is 9.88. The SMILES string of the molecule is CCC1=C(C)C2=C(c3ccc(C(=O)O)cc3)c3c(C)c(CC)c(C)n3[B][N+]2=C1C. The summed E-state index contributed by atoms with van der Waals surface area (Å²) in [7, 11) is 2.22. The number of rotatable bonds is 4. The Morgan fingerprint density at radius 3 is 2.28 bits per heavy atom. The number of fused-ring (bicyclic) bond motifs is 2. The Kier molecular flexibility index (Phi) is 4.64. The third-order valence-electron chi connectivity index (χ3n) is 6.53. The van der Waals surface area contributed by atoms with Gasteiger partial charge in [-0.25, -0.2) is 4.79 Å². The molecule has 1 aromatic carbocycles. The fourth-order valence-electron chi connectivity index (χ4n) is 5.04. The highest BCUT2D eigenvalue weighted by Gasteiger charge is 2.43. The van der Waals surface area contributed by atoms with Gasteiger partial charge in [0, 0.05) is 23.8 Å². The molecule has 0 saturated carbocycles. The molecule has 4 rings (SSSR count). The highest BCUT2D eigenvalue weighted by Crippen LogP contribution is 2.42. The molecular formula is C24H27BN2O2+. The van der Waals surface area contributed by atoms with Gasteiger partial charge in [-0.05, 0) is 62.4 Å². The Balaban J connectivity index is 2.08. The van der Waals surface area contributed by atoms with Crippen LogP contribution in [0.1, 0.15) is 72.6 Å². The van der Waals surface area contributed by atoms with Gasteiger partial charge in [-0.15, -0.1) is 0 Å². The second-order valence-electron chi connectivity index (χ2n) is 7.90. The standard InChI is InChI=1S/C24H27BN2O2/c1-7-19-13(3)22-21(17-9-11-18(12-10-17)24(28)29)23-14(4)20(8-2)16(6)27(23)25-26(22)15(19)5/h9-12H,7-8H2,1-6H3,(H,28,29)/q+1. The number of benzene rings is 1. The minimum atomic E-state index is -0.897. The van der Waals surface area contributed by atoms with Crippen LogP contribution < -0.4 is 0 Å². The number of hydrogen-bond donors (Lipinski definition) is 1. The van der Waals surface area contributed by atoms with Gasteiger partial charge in [-0.2, -0.15) is 0 Å². The zero-order chi connectivity index (χ0) is 21.0. The molecule has 4 nitrogen and oxygen atoms in total. The minimum absolute atomic E-state index is 0.312. The van der Waals surface area contributed by atoms with Crippen LogP contribution in [0.3, 0.4) is 0 Å². The largest absolute Gasteiger partial charge is 0.699 e. The van der Waals surface area contributed by atoms with Gasteiger partial charge >= 0.3 is 13.5 Å². The van der Waals surface area contributed by atoms with Crippen molar-refractivity contribution in [2.75, 3.05) is 0 Å². The van der Waals surface area contributed by atoms with Gasteiger partial charge in [0.25, 0.3) is 0 Å². The van der Waals surface area contributed by atoms with Gasteiger partial charge in [-0.3, -0.25) is 4.49 Å². The summed E-state index contributed by atoms with van der Waals surface area (Å²) in [4.78, 5) is 11.3. The van der Waals surface area contributed by atoms with Crippen LogP contribution >= 0.6 is 0 Å². The lowest BCUT2D eigenvalue weighted by Crippen LogP contribution is -2.32. The maximum Gasteiger partial charge on any atom is 0.699 e. The average molecular weight is 386 g/mol. The molecule has 1 N–H and O–H groups in total. The van der Waals surface area contributed by atoms with E-state index in [2.05, 4.69) is 58.1 Å². The molecule has 0 saturated heterocycles. The van der Waals surface area contributed by atoms with Crippen molar-refractivity contribution in [3.63, 3.8) is 0 Å². The summed E-state index contributed by atoms with van der Waals surface area (Å²) in [6, 6.07) is 7.30. The first-order valence-electron chi connectivity index (χ1n) is 10.3. The summed E-state index contributed by atoms with van der Waals surface area (Å²) in [5.74, 6) is -0.897. The van der Waals surface area contributed by atoms with E-state index in [1.165, 1.54) is 50.6 Å². The Labute approximate surface area is 173 Å². The van der Waals surface area contributed by atoms with Crippen LogP contribution in [-0.2, 0) is 6.42 Å². The van der Waals surface area contributed by atoms with E-state index < -0.39 is 5.97 Å². The number of hydrogen-bond acceptors (Lipinski definition) is 1. The Bertz CT molecular complexity index is 1140. The summed E-state index contributed by atoms with van der Waals surface area (Å²) in [5.41, 5.74) is 12.9. The molecule has 0 atom stereocenters. The second kappa shape index (κ2) is 6.91. The van der Waals surface area contributed by atoms with Crippen molar-refractivity contribution in [2.45, 2.75) is 54.4 Å². The first-order valence-corrected chi connectivity index (χ1v) is 10.3. The van der Waals surface area contributed by atoms with Gasteiger partial charge in [0.15, 0.2) is 11.4 Å². The van der Waals surface area contributed by atoms with E-state index in [9.17, 15) is 9.90 Å². The van der Waals surface area contributed by atoms with Crippen molar-refractivity contribution in [3.05, 3.63) is 74.8 Å². The molecule has 0 aliphatic carbocycles. The molecule has 29 heavy (non-hydrogen) atoms. The monoisotopic (exact) mass is 386 g/mol. The van der Waals surface area contributed by atoms with Crippen LogP contribution in [0.5, 0.6) is 0 Å². The lowest BCUT2D eigenvalue weighted by molar-refractivity contribution is -0.315. The number of carboxylic acids is 1. The fraction of sp³-hybridized carbons (Fsp3) is 0.333. The molecule has 0 fully saturated rings. The highest BCUT2D eigenvalue weighted by atomic mass is 16.4. The predicted octanol–water partition coefficient (Wildman–Crippen LogP) is 4.73. The van der Waals surface area contributed by atoms with Crippen molar-refractivity contribution in [3.8, 4) is 0 Å². The van der Waals surface area contributed by atoms with Crippen molar-refractivity contribution in [1.82, 2.24) is 4.48 Å². The topological polar surface area (TPSA) is 45.2 Å². The number of aromatic carboxylic acids is 1. The van der Waals surface area contributed by atoms with Gasteiger partial charge in [-0.1, -0.05) is 26.0 Å². The molecule has 2 aliphatic heterocycles. The summed E-state index contributed by atoms with van der Waals surface area (Å²) >= 11 is 0. The maximum absolute atomic E-state index is 11.3. The predicted molar refractivity (Wildman–Crippen MR) is 118 cm³/mol. The zero-order valence-corrected chi connectivity index (χ0v) is 18.1. The van der Waals surface area contributed by atoms with E-state index in [4.69, 9.17) is 0 Å². The molecule has 3 heterocycles. The van der Waals surface area contributed by atoms with E-state index in [0.29, 0.717) is 5.56 Å². The second-order valence-corrected chi connectivity index (χ2v) is 7.90. The van der Waals surface area contributed by atoms with E-state index >= 15 is 0 Å². The van der Waals surface area contributed by atoms with E-state index in [1.807, 2.05) is 12.1 Å². The molecule has 2 aromatic rings. The number of carboxylic acid groups (broad SMARTS) is 1. The minimum Gasteiger partial charge on any atom is -0.478 e. The Hall–Kier alpha value is -2.82. The van der Waals surface area contributed by atoms with Gasteiger partial charge in [0.1, 0.15) is 0 Å². The smallest absolute Gasteiger partial charge is 0.478 e. The fourth-order valence-corrected chi connectivity index (χ4v) is 5.04. The number of carbonyl (C=O) groups is 1. The van der Waals surface area contributed by atoms with Crippen molar-refractivity contribution >= 4 is 24.8 Å². The maximum atomic E-state index is 11.3. The quantitative estimate of drug-likeness (QED) is 0.772. The van der Waals surface area contributed by atoms with Crippen molar-refractivity contribution < 1.29 is 14.4 Å². The van der Waals surface area contributed by atoms with Gasteiger partial charge in [0.05, 0.1) is 16.8 Å². The lowest BCUT2D eigenvalue weighted by Gasteiger charge is -2.20. The Morgan fingerprint density at radius 2 is 1.72 bits per heavy atom.